The predicted octanol–water partition coefficient (Wildman–Crippen LogP) is 3.85. The van der Waals surface area contributed by atoms with Crippen LogP contribution in [-0.4, -0.2) is 39.9 Å². The summed E-state index contributed by atoms with van der Waals surface area (Å²) in [5, 5.41) is 6.91. The first-order valence-corrected chi connectivity index (χ1v) is 9.57. The van der Waals surface area contributed by atoms with Crippen LogP contribution in [0.15, 0.2) is 42.7 Å². The number of nitrogens with zero attached hydrogens (tertiary/aromatic N) is 3. The Bertz CT molecular complexity index is 1030. The average molecular weight is 403 g/mol. The molecule has 29 heavy (non-hydrogen) atoms. The van der Waals surface area contributed by atoms with Crippen molar-refractivity contribution in [2.45, 2.75) is 31.7 Å². The van der Waals surface area contributed by atoms with Crippen LogP contribution in [0, 0.1) is 5.41 Å². The molecule has 6 nitrogen and oxygen atoms in total. The molecule has 0 atom stereocenters. The summed E-state index contributed by atoms with van der Waals surface area (Å²) in [7, 11) is 0. The lowest BCUT2D eigenvalue weighted by atomic mass is 9.65. The van der Waals surface area contributed by atoms with Crippen molar-refractivity contribution in [2.24, 2.45) is 5.41 Å². The minimum Gasteiger partial charge on any atom is -0.404 e. The van der Waals surface area contributed by atoms with E-state index in [9.17, 15) is 13.2 Å². The zero-order valence-electron chi connectivity index (χ0n) is 15.5. The summed E-state index contributed by atoms with van der Waals surface area (Å²) >= 11 is 0. The molecule has 0 unspecified atom stereocenters. The molecule has 0 radical (unpaired) electrons. The first-order valence-electron chi connectivity index (χ1n) is 9.57. The Morgan fingerprint density at radius 3 is 2.83 bits per heavy atom. The van der Waals surface area contributed by atoms with Crippen molar-refractivity contribution in [3.8, 4) is 17.1 Å². The molecule has 1 aliphatic heterocycles. The molecule has 2 N–H and O–H groups in total. The Labute approximate surface area is 165 Å². The van der Waals surface area contributed by atoms with Gasteiger partial charge in [-0.2, -0.15) is 0 Å². The molecular formula is C20H20F3N5O. The second-order valence-electron chi connectivity index (χ2n) is 7.87. The molecule has 0 aromatic carbocycles. The second kappa shape index (κ2) is 6.62. The molecule has 9 heteroatoms. The molecule has 2 fully saturated rings. The molecule has 2 aliphatic rings. The quantitative estimate of drug-likeness (QED) is 0.693. The van der Waals surface area contributed by atoms with E-state index >= 15 is 0 Å². The van der Waals surface area contributed by atoms with Crippen LogP contribution < -0.4 is 15.4 Å². The number of rotatable bonds is 4. The van der Waals surface area contributed by atoms with Crippen LogP contribution in [0.4, 0.5) is 19.0 Å². The Balaban J connectivity index is 1.37. The van der Waals surface area contributed by atoms with Crippen molar-refractivity contribution in [1.29, 1.82) is 0 Å². The van der Waals surface area contributed by atoms with Gasteiger partial charge < -0.3 is 15.4 Å². The number of aromatic nitrogens is 3. The molecule has 3 aromatic rings. The van der Waals surface area contributed by atoms with Gasteiger partial charge in [0.15, 0.2) is 0 Å². The van der Waals surface area contributed by atoms with E-state index in [2.05, 4.69) is 25.3 Å². The Morgan fingerprint density at radius 1 is 1.21 bits per heavy atom. The first kappa shape index (κ1) is 18.2. The van der Waals surface area contributed by atoms with Crippen LogP contribution in [-0.2, 0) is 0 Å². The molecule has 1 spiro atoms. The number of alkyl halides is 3. The molecular weight excluding hydrogens is 383 g/mol. The van der Waals surface area contributed by atoms with E-state index in [1.807, 2.05) is 18.2 Å². The number of nitrogens with one attached hydrogen (secondary N) is 2. The molecule has 152 valence electrons. The van der Waals surface area contributed by atoms with Crippen molar-refractivity contribution >= 4 is 11.5 Å². The van der Waals surface area contributed by atoms with E-state index in [1.165, 1.54) is 24.8 Å². The average Bonchev–Trinajstić information content (AvgIpc) is 3.27. The Hall–Kier alpha value is -2.81. The number of pyridine rings is 2. The zero-order valence-corrected chi connectivity index (χ0v) is 15.5. The normalized spacial score (nSPS) is 24.0. The third-order valence-corrected chi connectivity index (χ3v) is 5.77. The summed E-state index contributed by atoms with van der Waals surface area (Å²) in [6, 6.07) is 8.72. The number of ether oxygens (including phenoxy) is 1. The fraction of sp³-hybridized carbons (Fsp3) is 0.400. The van der Waals surface area contributed by atoms with Crippen molar-refractivity contribution in [1.82, 2.24) is 19.7 Å². The molecule has 1 saturated heterocycles. The number of fused-ring (bicyclic) bond motifs is 1. The summed E-state index contributed by atoms with van der Waals surface area (Å²) in [6.07, 6.45) is 1.60. The number of imidazole rings is 1. The number of halogens is 3. The summed E-state index contributed by atoms with van der Waals surface area (Å²) in [5.74, 6) is 0.453. The van der Waals surface area contributed by atoms with E-state index in [4.69, 9.17) is 0 Å². The summed E-state index contributed by atoms with van der Waals surface area (Å²) in [5.41, 5.74) is 2.18. The maximum atomic E-state index is 12.5. The van der Waals surface area contributed by atoms with Gasteiger partial charge in [0.1, 0.15) is 17.2 Å². The van der Waals surface area contributed by atoms with E-state index in [0.29, 0.717) is 28.5 Å². The number of hydrogen-bond donors (Lipinski definition) is 2. The van der Waals surface area contributed by atoms with Gasteiger partial charge in [0, 0.05) is 12.6 Å². The zero-order chi connectivity index (χ0) is 20.1. The highest BCUT2D eigenvalue weighted by Crippen LogP contribution is 2.46. The molecule has 1 aliphatic carbocycles. The molecule has 1 saturated carbocycles. The Kier molecular flexibility index (Phi) is 4.16. The molecule has 0 amide bonds. The van der Waals surface area contributed by atoms with E-state index in [-0.39, 0.29) is 5.75 Å². The van der Waals surface area contributed by atoms with Gasteiger partial charge in [-0.05, 0) is 55.5 Å². The van der Waals surface area contributed by atoms with Gasteiger partial charge in [-0.3, -0.25) is 4.40 Å². The fourth-order valence-corrected chi connectivity index (χ4v) is 4.44. The molecule has 4 heterocycles. The van der Waals surface area contributed by atoms with Crippen molar-refractivity contribution in [3.05, 3.63) is 42.7 Å². The van der Waals surface area contributed by atoms with Crippen LogP contribution in [0.3, 0.4) is 0 Å². The van der Waals surface area contributed by atoms with Crippen LogP contribution in [0.25, 0.3) is 17.0 Å². The standard InChI is InChI=1S/C20H20F3N5O/c21-20(22,23)29-14-4-5-18-25-10-16(28(18)11-14)15-2-1-3-17(27-15)26-13-8-19(9-13)6-7-24-12-19/h1-5,10-11,13,24H,6-9,12H2,(H,26,27). The van der Waals surface area contributed by atoms with Gasteiger partial charge in [0.2, 0.25) is 0 Å². The minimum absolute atomic E-state index is 0.302. The van der Waals surface area contributed by atoms with Gasteiger partial charge >= 0.3 is 6.36 Å². The lowest BCUT2D eigenvalue weighted by Gasteiger charge is -2.45. The highest BCUT2D eigenvalue weighted by atomic mass is 19.4. The van der Waals surface area contributed by atoms with Crippen molar-refractivity contribution in [3.63, 3.8) is 0 Å². The van der Waals surface area contributed by atoms with Crippen LogP contribution in [0.1, 0.15) is 19.3 Å². The highest BCUT2D eigenvalue weighted by molar-refractivity contribution is 5.62. The third kappa shape index (κ3) is 3.62. The van der Waals surface area contributed by atoms with Gasteiger partial charge in [0.25, 0.3) is 0 Å². The molecule has 3 aromatic heterocycles. The fourth-order valence-electron chi connectivity index (χ4n) is 4.44. The van der Waals surface area contributed by atoms with Crippen molar-refractivity contribution < 1.29 is 17.9 Å². The highest BCUT2D eigenvalue weighted by Gasteiger charge is 2.45. The largest absolute Gasteiger partial charge is 0.573 e. The summed E-state index contributed by atoms with van der Waals surface area (Å²) in [6.45, 7) is 2.18. The maximum absolute atomic E-state index is 12.5. The second-order valence-corrected chi connectivity index (χ2v) is 7.87. The molecule has 0 bridgehead atoms. The lowest BCUT2D eigenvalue weighted by Crippen LogP contribution is -2.46. The van der Waals surface area contributed by atoms with E-state index < -0.39 is 6.36 Å². The number of anilines is 1. The van der Waals surface area contributed by atoms with Crippen LogP contribution in [0.2, 0.25) is 0 Å². The van der Waals surface area contributed by atoms with Gasteiger partial charge in [0.05, 0.1) is 23.8 Å². The lowest BCUT2D eigenvalue weighted by molar-refractivity contribution is -0.274. The third-order valence-electron chi connectivity index (χ3n) is 5.77. The van der Waals surface area contributed by atoms with E-state index in [0.717, 1.165) is 31.7 Å². The SMILES string of the molecule is FC(F)(F)Oc1ccc2ncc(-c3cccc(NC4CC5(CCNC5)C4)n3)n2c1. The topological polar surface area (TPSA) is 63.5 Å². The summed E-state index contributed by atoms with van der Waals surface area (Å²) < 4.78 is 43.2. The van der Waals surface area contributed by atoms with Crippen molar-refractivity contribution in [2.75, 3.05) is 18.4 Å². The molecule has 5 rings (SSSR count). The van der Waals surface area contributed by atoms with Gasteiger partial charge in [-0.15, -0.1) is 13.2 Å². The van der Waals surface area contributed by atoms with Crippen LogP contribution >= 0.6 is 0 Å². The number of hydrogen-bond acceptors (Lipinski definition) is 5. The van der Waals surface area contributed by atoms with Gasteiger partial charge in [-0.1, -0.05) is 6.07 Å². The predicted molar refractivity (Wildman–Crippen MR) is 102 cm³/mol. The smallest absolute Gasteiger partial charge is 0.404 e. The Morgan fingerprint density at radius 2 is 2.07 bits per heavy atom. The maximum Gasteiger partial charge on any atom is 0.573 e. The van der Waals surface area contributed by atoms with Crippen LogP contribution in [0.5, 0.6) is 5.75 Å². The monoisotopic (exact) mass is 403 g/mol. The summed E-state index contributed by atoms with van der Waals surface area (Å²) in [4.78, 5) is 8.91. The first-order chi connectivity index (χ1) is 13.9. The minimum atomic E-state index is -4.74. The van der Waals surface area contributed by atoms with Gasteiger partial charge in [-0.25, -0.2) is 9.97 Å². The van der Waals surface area contributed by atoms with E-state index in [1.54, 1.807) is 10.6 Å².